The second kappa shape index (κ2) is 6.93. The van der Waals surface area contributed by atoms with Crippen LogP contribution in [0, 0.1) is 5.92 Å². The van der Waals surface area contributed by atoms with Gasteiger partial charge in [-0.25, -0.2) is 0 Å². The Morgan fingerprint density at radius 1 is 1.29 bits per heavy atom. The van der Waals surface area contributed by atoms with Crippen molar-refractivity contribution in [2.45, 2.75) is 38.0 Å². The van der Waals surface area contributed by atoms with Crippen LogP contribution in [0.5, 0.6) is 0 Å². The summed E-state index contributed by atoms with van der Waals surface area (Å²) < 4.78 is 5.42. The molecule has 1 aromatic rings. The van der Waals surface area contributed by atoms with Gasteiger partial charge in [-0.1, -0.05) is 13.0 Å². The van der Waals surface area contributed by atoms with Crippen molar-refractivity contribution in [2.75, 3.05) is 31.2 Å². The van der Waals surface area contributed by atoms with Crippen LogP contribution in [0.4, 0.5) is 5.69 Å². The Morgan fingerprint density at radius 2 is 1.96 bits per heavy atom. The van der Waals surface area contributed by atoms with Gasteiger partial charge in [0.2, 0.25) is 0 Å². The van der Waals surface area contributed by atoms with Gasteiger partial charge in [0.25, 0.3) is 5.91 Å². The molecule has 1 amide bonds. The normalized spacial score (nSPS) is 21.5. The summed E-state index contributed by atoms with van der Waals surface area (Å²) in [6.45, 7) is 5.27. The Hall–Kier alpha value is -1.88. The molecule has 5 heteroatoms. The molecular formula is C19H26N2O3. The summed E-state index contributed by atoms with van der Waals surface area (Å²) in [6, 6.07) is 5.68. The van der Waals surface area contributed by atoms with Crippen LogP contribution >= 0.6 is 0 Å². The fourth-order valence-corrected chi connectivity index (χ4v) is 3.77. The highest BCUT2D eigenvalue weighted by Gasteiger charge is 2.35. The number of primary amides is 1. The van der Waals surface area contributed by atoms with Crippen LogP contribution in [0.2, 0.25) is 0 Å². The van der Waals surface area contributed by atoms with Gasteiger partial charge in [0, 0.05) is 32.0 Å². The lowest BCUT2D eigenvalue weighted by atomic mass is 9.75. The third-order valence-electron chi connectivity index (χ3n) is 5.57. The van der Waals surface area contributed by atoms with Crippen LogP contribution in [-0.4, -0.2) is 38.5 Å². The SMILES string of the molecule is CC1CCN(c2cc(C3(C=O)CCOCC3)ccc2C(N)=O)CC1. The van der Waals surface area contributed by atoms with E-state index in [1.807, 2.05) is 12.1 Å². The molecular weight excluding hydrogens is 304 g/mol. The molecule has 0 radical (unpaired) electrons. The van der Waals surface area contributed by atoms with Gasteiger partial charge in [0.1, 0.15) is 6.29 Å². The standard InChI is InChI=1S/C19H26N2O3/c1-14-4-8-21(9-5-14)17-12-15(2-3-16(17)18(20)23)19(13-22)6-10-24-11-7-19/h2-3,12-14H,4-11H2,1H3,(H2,20,23). The number of nitrogens with two attached hydrogens (primary N) is 1. The highest BCUT2D eigenvalue weighted by molar-refractivity contribution is 5.99. The van der Waals surface area contributed by atoms with Gasteiger partial charge in [-0.05, 0) is 49.3 Å². The van der Waals surface area contributed by atoms with E-state index in [0.29, 0.717) is 37.5 Å². The molecule has 0 aliphatic carbocycles. The number of hydrogen-bond acceptors (Lipinski definition) is 4. The molecule has 0 atom stereocenters. The summed E-state index contributed by atoms with van der Waals surface area (Å²) in [6.07, 6.45) is 4.63. The first-order valence-electron chi connectivity index (χ1n) is 8.79. The first-order chi connectivity index (χ1) is 11.6. The van der Waals surface area contributed by atoms with Gasteiger partial charge in [0.05, 0.1) is 11.0 Å². The van der Waals surface area contributed by atoms with E-state index in [2.05, 4.69) is 11.8 Å². The third-order valence-corrected chi connectivity index (χ3v) is 5.57. The maximum Gasteiger partial charge on any atom is 0.250 e. The quantitative estimate of drug-likeness (QED) is 0.860. The molecule has 0 spiro atoms. The van der Waals surface area contributed by atoms with Crippen molar-refractivity contribution in [3.8, 4) is 0 Å². The monoisotopic (exact) mass is 330 g/mol. The Morgan fingerprint density at radius 3 is 2.54 bits per heavy atom. The Balaban J connectivity index is 1.99. The topological polar surface area (TPSA) is 72.6 Å². The zero-order chi connectivity index (χ0) is 17.2. The van der Waals surface area contributed by atoms with E-state index in [4.69, 9.17) is 10.5 Å². The second-order valence-electron chi connectivity index (χ2n) is 7.15. The van der Waals surface area contributed by atoms with Gasteiger partial charge >= 0.3 is 0 Å². The minimum Gasteiger partial charge on any atom is -0.381 e. The number of amides is 1. The first-order valence-corrected chi connectivity index (χ1v) is 8.79. The number of nitrogens with zero attached hydrogens (tertiary/aromatic N) is 1. The number of benzene rings is 1. The fourth-order valence-electron chi connectivity index (χ4n) is 3.77. The molecule has 2 aliphatic heterocycles. The minimum absolute atomic E-state index is 0.415. The van der Waals surface area contributed by atoms with Gasteiger partial charge in [-0.3, -0.25) is 4.79 Å². The summed E-state index contributed by atoms with van der Waals surface area (Å²) in [5.74, 6) is 0.292. The summed E-state index contributed by atoms with van der Waals surface area (Å²) in [4.78, 5) is 26.0. The van der Waals surface area contributed by atoms with Gasteiger partial charge in [0.15, 0.2) is 0 Å². The number of carbonyl (C=O) groups excluding carboxylic acids is 2. The van der Waals surface area contributed by atoms with Crippen molar-refractivity contribution in [3.63, 3.8) is 0 Å². The molecule has 5 nitrogen and oxygen atoms in total. The van der Waals surface area contributed by atoms with Crippen LogP contribution in [0.15, 0.2) is 18.2 Å². The molecule has 2 N–H and O–H groups in total. The molecule has 0 unspecified atom stereocenters. The lowest BCUT2D eigenvalue weighted by Crippen LogP contribution is -2.37. The summed E-state index contributed by atoms with van der Waals surface area (Å²) in [5.41, 5.74) is 7.47. The molecule has 2 saturated heterocycles. The second-order valence-corrected chi connectivity index (χ2v) is 7.15. The number of carbonyl (C=O) groups is 2. The smallest absolute Gasteiger partial charge is 0.250 e. The molecule has 2 aliphatic rings. The van der Waals surface area contributed by atoms with E-state index in [9.17, 15) is 9.59 Å². The third kappa shape index (κ3) is 3.18. The lowest BCUT2D eigenvalue weighted by Gasteiger charge is -2.36. The molecule has 24 heavy (non-hydrogen) atoms. The van der Waals surface area contributed by atoms with E-state index in [-0.39, 0.29) is 0 Å². The zero-order valence-corrected chi connectivity index (χ0v) is 14.3. The van der Waals surface area contributed by atoms with Crippen LogP contribution in [0.3, 0.4) is 0 Å². The highest BCUT2D eigenvalue weighted by atomic mass is 16.5. The number of piperidine rings is 1. The van der Waals surface area contributed by atoms with E-state index in [1.54, 1.807) is 6.07 Å². The Labute approximate surface area is 143 Å². The molecule has 3 rings (SSSR count). The van der Waals surface area contributed by atoms with Gasteiger partial charge in [-0.15, -0.1) is 0 Å². The van der Waals surface area contributed by atoms with Gasteiger partial charge < -0.3 is 20.2 Å². The molecule has 130 valence electrons. The van der Waals surface area contributed by atoms with Crippen molar-refractivity contribution < 1.29 is 14.3 Å². The van der Waals surface area contributed by atoms with Gasteiger partial charge in [-0.2, -0.15) is 0 Å². The van der Waals surface area contributed by atoms with E-state index >= 15 is 0 Å². The molecule has 0 bridgehead atoms. The molecule has 0 aromatic heterocycles. The Bertz CT molecular complexity index is 615. The van der Waals surface area contributed by atoms with Crippen molar-refractivity contribution in [3.05, 3.63) is 29.3 Å². The summed E-state index contributed by atoms with van der Waals surface area (Å²) in [7, 11) is 0. The maximum absolute atomic E-state index is 11.9. The molecule has 0 saturated carbocycles. The van der Waals surface area contributed by atoms with E-state index in [0.717, 1.165) is 43.5 Å². The number of aldehydes is 1. The van der Waals surface area contributed by atoms with Crippen LogP contribution in [-0.2, 0) is 14.9 Å². The fraction of sp³-hybridized carbons (Fsp3) is 0.579. The minimum atomic E-state index is -0.508. The first kappa shape index (κ1) is 17.0. The van der Waals surface area contributed by atoms with E-state index in [1.165, 1.54) is 0 Å². The lowest BCUT2D eigenvalue weighted by molar-refractivity contribution is -0.115. The average Bonchev–Trinajstić information content (AvgIpc) is 2.62. The van der Waals surface area contributed by atoms with Crippen LogP contribution in [0.25, 0.3) is 0 Å². The molecule has 1 aromatic carbocycles. The number of rotatable bonds is 4. The van der Waals surface area contributed by atoms with Crippen molar-refractivity contribution >= 4 is 17.9 Å². The zero-order valence-electron chi connectivity index (χ0n) is 14.3. The van der Waals surface area contributed by atoms with Crippen LogP contribution in [0.1, 0.15) is 48.5 Å². The number of ether oxygens (including phenoxy) is 1. The van der Waals surface area contributed by atoms with E-state index < -0.39 is 11.3 Å². The number of anilines is 1. The van der Waals surface area contributed by atoms with Crippen molar-refractivity contribution in [1.29, 1.82) is 0 Å². The summed E-state index contributed by atoms with van der Waals surface area (Å²) in [5, 5.41) is 0. The molecule has 2 fully saturated rings. The largest absolute Gasteiger partial charge is 0.381 e. The predicted octanol–water partition coefficient (Wildman–Crippen LogP) is 2.27. The predicted molar refractivity (Wildman–Crippen MR) is 93.4 cm³/mol. The average molecular weight is 330 g/mol. The molecule has 2 heterocycles. The number of hydrogen-bond donors (Lipinski definition) is 1. The van der Waals surface area contributed by atoms with Crippen LogP contribution < -0.4 is 10.6 Å². The van der Waals surface area contributed by atoms with Crippen molar-refractivity contribution in [1.82, 2.24) is 0 Å². The maximum atomic E-state index is 11.9. The highest BCUT2D eigenvalue weighted by Crippen LogP contribution is 2.36. The van der Waals surface area contributed by atoms with Crippen molar-refractivity contribution in [2.24, 2.45) is 11.7 Å². The Kier molecular flexibility index (Phi) is 4.90. The summed E-state index contributed by atoms with van der Waals surface area (Å²) >= 11 is 0.